The Balaban J connectivity index is 2.26. The molecule has 0 amide bonds. The molecule has 0 saturated carbocycles. The number of hydrogen-bond donors (Lipinski definition) is 1. The van der Waals surface area contributed by atoms with Gasteiger partial charge in [-0.1, -0.05) is 13.0 Å². The Labute approximate surface area is 98.1 Å². The number of aliphatic hydroxyl groups excluding tert-OH is 1. The minimum Gasteiger partial charge on any atom is -0.396 e. The molecule has 0 aliphatic heterocycles. The van der Waals surface area contributed by atoms with Gasteiger partial charge in [-0.15, -0.1) is 0 Å². The van der Waals surface area contributed by atoms with E-state index < -0.39 is 0 Å². The Kier molecular flexibility index (Phi) is 6.77. The van der Waals surface area contributed by atoms with E-state index in [9.17, 15) is 0 Å². The molecule has 1 aromatic rings. The Morgan fingerprint density at radius 1 is 1.25 bits per heavy atom. The minimum absolute atomic E-state index is 0.312. The third-order valence-corrected chi connectivity index (χ3v) is 2.69. The van der Waals surface area contributed by atoms with Crippen LogP contribution < -0.4 is 0 Å². The quantitative estimate of drug-likeness (QED) is 0.684. The van der Waals surface area contributed by atoms with Crippen molar-refractivity contribution in [3.05, 3.63) is 30.1 Å². The van der Waals surface area contributed by atoms with E-state index in [1.165, 1.54) is 0 Å². The first-order chi connectivity index (χ1) is 7.86. The monoisotopic (exact) mass is 222 g/mol. The van der Waals surface area contributed by atoms with Crippen LogP contribution in [0.5, 0.6) is 0 Å². The van der Waals surface area contributed by atoms with Gasteiger partial charge in [0.25, 0.3) is 0 Å². The highest BCUT2D eigenvalue weighted by Gasteiger charge is 2.03. The largest absolute Gasteiger partial charge is 0.396 e. The maximum Gasteiger partial charge on any atom is 0.0543 e. The highest BCUT2D eigenvalue weighted by molar-refractivity contribution is 5.03. The van der Waals surface area contributed by atoms with Gasteiger partial charge in [0.2, 0.25) is 0 Å². The van der Waals surface area contributed by atoms with Gasteiger partial charge in [0.1, 0.15) is 0 Å². The van der Waals surface area contributed by atoms with Crippen LogP contribution in [0.4, 0.5) is 0 Å². The fourth-order valence-corrected chi connectivity index (χ4v) is 1.69. The highest BCUT2D eigenvalue weighted by atomic mass is 16.2. The molecule has 0 bridgehead atoms. The molecule has 0 spiro atoms. The summed E-state index contributed by atoms with van der Waals surface area (Å²) >= 11 is 0. The number of hydrogen-bond acceptors (Lipinski definition) is 3. The van der Waals surface area contributed by atoms with Crippen LogP contribution >= 0.6 is 0 Å². The summed E-state index contributed by atoms with van der Waals surface area (Å²) in [6.07, 6.45) is 5.02. The molecule has 3 heteroatoms. The van der Waals surface area contributed by atoms with E-state index in [0.717, 1.165) is 44.6 Å². The molecule has 0 atom stereocenters. The predicted molar refractivity (Wildman–Crippen MR) is 66.1 cm³/mol. The van der Waals surface area contributed by atoms with Crippen LogP contribution in [0.2, 0.25) is 0 Å². The maximum absolute atomic E-state index is 8.70. The summed E-state index contributed by atoms with van der Waals surface area (Å²) in [5, 5.41) is 8.70. The lowest BCUT2D eigenvalue weighted by Crippen LogP contribution is -2.24. The fraction of sp³-hybridized carbons (Fsp3) is 0.615. The molecule has 0 aliphatic carbocycles. The summed E-state index contributed by atoms with van der Waals surface area (Å²) in [5.74, 6) is 0. The van der Waals surface area contributed by atoms with Gasteiger partial charge in [0.05, 0.1) is 5.69 Å². The molecule has 0 saturated heterocycles. The smallest absolute Gasteiger partial charge is 0.0543 e. The number of nitrogens with zero attached hydrogens (tertiary/aromatic N) is 2. The molecule has 0 unspecified atom stereocenters. The summed E-state index contributed by atoms with van der Waals surface area (Å²) in [5.41, 5.74) is 1.13. The lowest BCUT2D eigenvalue weighted by molar-refractivity contribution is 0.253. The van der Waals surface area contributed by atoms with Gasteiger partial charge in [0.15, 0.2) is 0 Å². The second-order valence-electron chi connectivity index (χ2n) is 3.97. The molecule has 1 rings (SSSR count). The van der Waals surface area contributed by atoms with Gasteiger partial charge >= 0.3 is 0 Å². The van der Waals surface area contributed by atoms with Crippen molar-refractivity contribution in [3.8, 4) is 0 Å². The van der Waals surface area contributed by atoms with Crippen molar-refractivity contribution in [2.45, 2.75) is 32.7 Å². The molecule has 0 aromatic carbocycles. The Morgan fingerprint density at radius 3 is 2.75 bits per heavy atom. The molecule has 1 N–H and O–H groups in total. The van der Waals surface area contributed by atoms with Crippen molar-refractivity contribution in [3.63, 3.8) is 0 Å². The molecule has 1 heterocycles. The second kappa shape index (κ2) is 8.25. The van der Waals surface area contributed by atoms with Crippen LogP contribution in [0.15, 0.2) is 24.4 Å². The van der Waals surface area contributed by atoms with E-state index in [-0.39, 0.29) is 0 Å². The lowest BCUT2D eigenvalue weighted by atomic mass is 10.2. The normalized spacial score (nSPS) is 10.9. The highest BCUT2D eigenvalue weighted by Crippen LogP contribution is 2.03. The summed E-state index contributed by atoms with van der Waals surface area (Å²) in [7, 11) is 0. The molecular formula is C13H22N2O. The Hall–Kier alpha value is -0.930. The Morgan fingerprint density at radius 2 is 2.12 bits per heavy atom. The van der Waals surface area contributed by atoms with Crippen LogP contribution in [0, 0.1) is 0 Å². The standard InChI is InChI=1S/C13H22N2O/c1-2-15(10-6-3-7-11-16)12-13-8-4-5-9-14-13/h4-5,8-9,16H,2-3,6-7,10-12H2,1H3. The van der Waals surface area contributed by atoms with Crippen molar-refractivity contribution in [1.29, 1.82) is 0 Å². The van der Waals surface area contributed by atoms with E-state index in [1.807, 2.05) is 18.3 Å². The molecule has 90 valence electrons. The molecule has 1 aromatic heterocycles. The van der Waals surface area contributed by atoms with Gasteiger partial charge in [-0.2, -0.15) is 0 Å². The predicted octanol–water partition coefficient (Wildman–Crippen LogP) is 2.07. The van der Waals surface area contributed by atoms with Gasteiger partial charge in [-0.05, 0) is 44.5 Å². The van der Waals surface area contributed by atoms with Crippen molar-refractivity contribution >= 4 is 0 Å². The van der Waals surface area contributed by atoms with Gasteiger partial charge in [-0.3, -0.25) is 9.88 Å². The van der Waals surface area contributed by atoms with Crippen LogP contribution in [-0.2, 0) is 6.54 Å². The Bertz CT molecular complexity index is 264. The van der Waals surface area contributed by atoms with Crippen LogP contribution in [-0.4, -0.2) is 34.7 Å². The van der Waals surface area contributed by atoms with Gasteiger partial charge in [-0.25, -0.2) is 0 Å². The lowest BCUT2D eigenvalue weighted by Gasteiger charge is -2.19. The van der Waals surface area contributed by atoms with Crippen LogP contribution in [0.25, 0.3) is 0 Å². The molecule has 3 nitrogen and oxygen atoms in total. The molecular weight excluding hydrogens is 200 g/mol. The molecule has 0 fully saturated rings. The zero-order chi connectivity index (χ0) is 11.6. The third kappa shape index (κ3) is 5.24. The fourth-order valence-electron chi connectivity index (χ4n) is 1.69. The summed E-state index contributed by atoms with van der Waals surface area (Å²) in [6.45, 7) is 5.56. The second-order valence-corrected chi connectivity index (χ2v) is 3.97. The van der Waals surface area contributed by atoms with Gasteiger partial charge < -0.3 is 5.11 Å². The minimum atomic E-state index is 0.312. The van der Waals surface area contributed by atoms with E-state index >= 15 is 0 Å². The average Bonchev–Trinajstić information content (AvgIpc) is 2.34. The van der Waals surface area contributed by atoms with Gasteiger partial charge in [0, 0.05) is 19.3 Å². The first-order valence-electron chi connectivity index (χ1n) is 6.10. The van der Waals surface area contributed by atoms with E-state index in [4.69, 9.17) is 5.11 Å². The summed E-state index contributed by atoms with van der Waals surface area (Å²) in [4.78, 5) is 6.72. The van der Waals surface area contributed by atoms with Crippen molar-refractivity contribution in [1.82, 2.24) is 9.88 Å². The zero-order valence-electron chi connectivity index (χ0n) is 10.1. The average molecular weight is 222 g/mol. The SMILES string of the molecule is CCN(CCCCCO)Cc1ccccn1. The van der Waals surface area contributed by atoms with Crippen molar-refractivity contribution in [2.75, 3.05) is 19.7 Å². The zero-order valence-corrected chi connectivity index (χ0v) is 10.1. The molecule has 0 radical (unpaired) electrons. The topological polar surface area (TPSA) is 36.4 Å². The number of aliphatic hydroxyl groups is 1. The number of aromatic nitrogens is 1. The number of pyridine rings is 1. The molecule has 16 heavy (non-hydrogen) atoms. The van der Waals surface area contributed by atoms with E-state index in [2.05, 4.69) is 22.9 Å². The van der Waals surface area contributed by atoms with Crippen LogP contribution in [0.1, 0.15) is 31.9 Å². The first-order valence-corrected chi connectivity index (χ1v) is 6.10. The number of unbranched alkanes of at least 4 members (excludes halogenated alkanes) is 2. The summed E-state index contributed by atoms with van der Waals surface area (Å²) < 4.78 is 0. The van der Waals surface area contributed by atoms with E-state index in [1.54, 1.807) is 0 Å². The number of rotatable bonds is 8. The van der Waals surface area contributed by atoms with Crippen molar-refractivity contribution in [2.24, 2.45) is 0 Å². The molecule has 0 aliphatic rings. The van der Waals surface area contributed by atoms with E-state index in [0.29, 0.717) is 6.61 Å². The third-order valence-electron chi connectivity index (χ3n) is 2.69. The maximum atomic E-state index is 8.70. The summed E-state index contributed by atoms with van der Waals surface area (Å²) in [6, 6.07) is 6.04. The first kappa shape index (κ1) is 13.1. The van der Waals surface area contributed by atoms with Crippen molar-refractivity contribution < 1.29 is 5.11 Å². The van der Waals surface area contributed by atoms with Crippen LogP contribution in [0.3, 0.4) is 0 Å².